The molecule has 1 aromatic rings. The number of hydrogen-bond donors (Lipinski definition) is 1. The van der Waals surface area contributed by atoms with Gasteiger partial charge in [-0.05, 0) is 49.4 Å². The molecule has 120 valence electrons. The number of methoxy groups -OCH3 is 1. The van der Waals surface area contributed by atoms with E-state index in [-0.39, 0.29) is 18.4 Å². The molecule has 1 aromatic carbocycles. The molecule has 0 bridgehead atoms. The lowest BCUT2D eigenvalue weighted by Crippen LogP contribution is -2.39. The second-order valence-corrected chi connectivity index (χ2v) is 5.96. The molecule has 1 fully saturated rings. The Morgan fingerprint density at radius 3 is 2.82 bits per heavy atom. The van der Waals surface area contributed by atoms with E-state index < -0.39 is 0 Å². The van der Waals surface area contributed by atoms with Gasteiger partial charge in [0.05, 0.1) is 7.11 Å². The summed E-state index contributed by atoms with van der Waals surface area (Å²) in [7, 11) is 1.36. The minimum atomic E-state index is -0.318. The zero-order valence-corrected chi connectivity index (χ0v) is 13.5. The van der Waals surface area contributed by atoms with Crippen molar-refractivity contribution in [2.75, 3.05) is 32.1 Å². The Morgan fingerprint density at radius 1 is 1.41 bits per heavy atom. The van der Waals surface area contributed by atoms with Gasteiger partial charge in [-0.3, -0.25) is 9.59 Å². The van der Waals surface area contributed by atoms with E-state index in [1.54, 1.807) is 0 Å². The molecule has 1 unspecified atom stereocenters. The van der Waals surface area contributed by atoms with Gasteiger partial charge in [-0.15, -0.1) is 0 Å². The zero-order valence-electron chi connectivity index (χ0n) is 13.5. The van der Waals surface area contributed by atoms with Gasteiger partial charge in [0, 0.05) is 24.3 Å². The van der Waals surface area contributed by atoms with Crippen LogP contribution in [0.2, 0.25) is 0 Å². The third kappa shape index (κ3) is 4.00. The summed E-state index contributed by atoms with van der Waals surface area (Å²) in [6.07, 6.45) is 2.27. The highest BCUT2D eigenvalue weighted by atomic mass is 16.5. The van der Waals surface area contributed by atoms with Gasteiger partial charge in [-0.25, -0.2) is 0 Å². The molecule has 5 nitrogen and oxygen atoms in total. The van der Waals surface area contributed by atoms with Gasteiger partial charge in [-0.2, -0.15) is 0 Å². The number of likely N-dealkylation sites (tertiary alicyclic amines) is 1. The Morgan fingerprint density at radius 2 is 2.18 bits per heavy atom. The van der Waals surface area contributed by atoms with Crippen molar-refractivity contribution in [2.45, 2.75) is 26.7 Å². The SMILES string of the molecule is COC(=O)CNc1ccc(C(=O)N2CCCC(C)C2)cc1C. The van der Waals surface area contributed by atoms with Crippen LogP contribution in [0.5, 0.6) is 0 Å². The van der Waals surface area contributed by atoms with Gasteiger partial charge in [0.1, 0.15) is 6.54 Å². The number of amides is 1. The average Bonchev–Trinajstić information content (AvgIpc) is 2.52. The van der Waals surface area contributed by atoms with Gasteiger partial charge >= 0.3 is 5.97 Å². The van der Waals surface area contributed by atoms with Crippen LogP contribution in [0.25, 0.3) is 0 Å². The second-order valence-electron chi connectivity index (χ2n) is 5.96. The number of aryl methyl sites for hydroxylation is 1. The highest BCUT2D eigenvalue weighted by Gasteiger charge is 2.22. The smallest absolute Gasteiger partial charge is 0.325 e. The molecular weight excluding hydrogens is 280 g/mol. The van der Waals surface area contributed by atoms with E-state index in [4.69, 9.17) is 0 Å². The third-order valence-corrected chi connectivity index (χ3v) is 4.07. The van der Waals surface area contributed by atoms with Crippen LogP contribution in [0.4, 0.5) is 5.69 Å². The topological polar surface area (TPSA) is 58.6 Å². The van der Waals surface area contributed by atoms with E-state index >= 15 is 0 Å². The average molecular weight is 304 g/mol. The predicted octanol–water partition coefficient (Wildman–Crippen LogP) is 2.45. The summed E-state index contributed by atoms with van der Waals surface area (Å²) in [5, 5.41) is 3.02. The van der Waals surface area contributed by atoms with Crippen LogP contribution in [0.3, 0.4) is 0 Å². The van der Waals surface area contributed by atoms with Crippen LogP contribution < -0.4 is 5.32 Å². The van der Waals surface area contributed by atoms with Crippen LogP contribution in [-0.2, 0) is 9.53 Å². The highest BCUT2D eigenvalue weighted by Crippen LogP contribution is 2.21. The van der Waals surface area contributed by atoms with Crippen molar-refractivity contribution in [1.82, 2.24) is 4.90 Å². The molecule has 1 aliphatic rings. The van der Waals surface area contributed by atoms with E-state index in [0.29, 0.717) is 11.5 Å². The predicted molar refractivity (Wildman–Crippen MR) is 86.0 cm³/mol. The molecule has 0 saturated carbocycles. The van der Waals surface area contributed by atoms with E-state index in [2.05, 4.69) is 17.0 Å². The molecule has 1 amide bonds. The minimum Gasteiger partial charge on any atom is -0.468 e. The van der Waals surface area contributed by atoms with E-state index in [0.717, 1.165) is 30.8 Å². The number of piperidine rings is 1. The van der Waals surface area contributed by atoms with Crippen LogP contribution in [0.15, 0.2) is 18.2 Å². The first kappa shape index (κ1) is 16.3. The normalized spacial score (nSPS) is 18.0. The van der Waals surface area contributed by atoms with Gasteiger partial charge < -0.3 is 15.0 Å². The lowest BCUT2D eigenvalue weighted by Gasteiger charge is -2.31. The standard InChI is InChI=1S/C17H24N2O3/c1-12-5-4-8-19(11-12)17(21)14-6-7-15(13(2)9-14)18-10-16(20)22-3/h6-7,9,12,18H,4-5,8,10-11H2,1-3H3. The molecule has 0 spiro atoms. The Balaban J connectivity index is 2.04. The second kappa shape index (κ2) is 7.29. The molecule has 1 heterocycles. The first-order valence-electron chi connectivity index (χ1n) is 7.72. The first-order valence-corrected chi connectivity index (χ1v) is 7.72. The molecule has 1 aliphatic heterocycles. The Bertz CT molecular complexity index is 557. The third-order valence-electron chi connectivity index (χ3n) is 4.07. The molecule has 0 aromatic heterocycles. The van der Waals surface area contributed by atoms with E-state index in [1.807, 2.05) is 30.0 Å². The summed E-state index contributed by atoms with van der Waals surface area (Å²) in [5.74, 6) is 0.343. The van der Waals surface area contributed by atoms with Crippen molar-refractivity contribution in [3.63, 3.8) is 0 Å². The van der Waals surface area contributed by atoms with Crippen molar-refractivity contribution in [3.05, 3.63) is 29.3 Å². The van der Waals surface area contributed by atoms with Gasteiger partial charge in [0.2, 0.25) is 0 Å². The lowest BCUT2D eigenvalue weighted by atomic mass is 9.99. The van der Waals surface area contributed by atoms with Gasteiger partial charge in [-0.1, -0.05) is 6.92 Å². The molecule has 1 saturated heterocycles. The van der Waals surface area contributed by atoms with Crippen molar-refractivity contribution in [1.29, 1.82) is 0 Å². The van der Waals surface area contributed by atoms with Crippen molar-refractivity contribution < 1.29 is 14.3 Å². The van der Waals surface area contributed by atoms with Crippen LogP contribution in [-0.4, -0.2) is 43.5 Å². The first-order chi connectivity index (χ1) is 10.5. The van der Waals surface area contributed by atoms with Crippen LogP contribution in [0, 0.1) is 12.8 Å². The number of benzene rings is 1. The quantitative estimate of drug-likeness (QED) is 0.868. The molecule has 1 atom stereocenters. The van der Waals surface area contributed by atoms with Gasteiger partial charge in [0.25, 0.3) is 5.91 Å². The van der Waals surface area contributed by atoms with E-state index in [9.17, 15) is 9.59 Å². The minimum absolute atomic E-state index is 0.0918. The number of anilines is 1. The molecule has 0 aliphatic carbocycles. The zero-order chi connectivity index (χ0) is 16.1. The summed E-state index contributed by atoms with van der Waals surface area (Å²) in [5.41, 5.74) is 2.49. The maximum Gasteiger partial charge on any atom is 0.325 e. The molecular formula is C17H24N2O3. The molecule has 0 radical (unpaired) electrons. The number of rotatable bonds is 4. The summed E-state index contributed by atoms with van der Waals surface area (Å²) < 4.78 is 4.60. The number of hydrogen-bond acceptors (Lipinski definition) is 4. The Labute approximate surface area is 131 Å². The fraction of sp³-hybridized carbons (Fsp3) is 0.529. The number of esters is 1. The van der Waals surface area contributed by atoms with Crippen molar-refractivity contribution >= 4 is 17.6 Å². The molecule has 22 heavy (non-hydrogen) atoms. The summed E-state index contributed by atoms with van der Waals surface area (Å²) in [4.78, 5) is 25.7. The van der Waals surface area contributed by atoms with Crippen LogP contribution in [0.1, 0.15) is 35.7 Å². The maximum atomic E-state index is 12.6. The number of ether oxygens (including phenoxy) is 1. The fourth-order valence-electron chi connectivity index (χ4n) is 2.79. The van der Waals surface area contributed by atoms with Crippen molar-refractivity contribution in [2.24, 2.45) is 5.92 Å². The molecule has 2 rings (SSSR count). The highest BCUT2D eigenvalue weighted by molar-refractivity contribution is 5.95. The van der Waals surface area contributed by atoms with Gasteiger partial charge in [0.15, 0.2) is 0 Å². The Kier molecular flexibility index (Phi) is 5.41. The summed E-state index contributed by atoms with van der Waals surface area (Å²) in [6.45, 7) is 5.90. The van der Waals surface area contributed by atoms with E-state index in [1.165, 1.54) is 13.5 Å². The fourth-order valence-corrected chi connectivity index (χ4v) is 2.79. The Hall–Kier alpha value is -2.04. The summed E-state index contributed by atoms with van der Waals surface area (Å²) in [6, 6.07) is 5.54. The number of nitrogens with zero attached hydrogens (tertiary/aromatic N) is 1. The number of nitrogens with one attached hydrogen (secondary N) is 1. The summed E-state index contributed by atoms with van der Waals surface area (Å²) >= 11 is 0. The molecule has 1 N–H and O–H groups in total. The number of carbonyl (C=O) groups excluding carboxylic acids is 2. The molecule has 5 heteroatoms. The number of carbonyl (C=O) groups is 2. The van der Waals surface area contributed by atoms with Crippen molar-refractivity contribution in [3.8, 4) is 0 Å². The lowest BCUT2D eigenvalue weighted by molar-refractivity contribution is -0.138. The largest absolute Gasteiger partial charge is 0.468 e. The monoisotopic (exact) mass is 304 g/mol. The maximum absolute atomic E-state index is 12.6. The van der Waals surface area contributed by atoms with Crippen LogP contribution >= 0.6 is 0 Å².